The van der Waals surface area contributed by atoms with Crippen molar-refractivity contribution in [1.82, 2.24) is 20.5 Å². The van der Waals surface area contributed by atoms with Gasteiger partial charge in [-0.3, -0.25) is 5.10 Å². The van der Waals surface area contributed by atoms with E-state index in [0.29, 0.717) is 0 Å². The smallest absolute Gasteiger partial charge is 0.370 e. The maximum Gasteiger partial charge on any atom is 0.453 e. The van der Waals surface area contributed by atoms with Crippen molar-refractivity contribution in [3.05, 3.63) is 11.6 Å². The number of alkyl halides is 3. The number of rotatable bonds is 2. The molecule has 0 amide bonds. The van der Waals surface area contributed by atoms with Gasteiger partial charge in [0.15, 0.2) is 5.96 Å². The zero-order valence-electron chi connectivity index (χ0n) is 10.7. The number of nitrogens with zero attached hydrogens (tertiary/aromatic N) is 3. The number of hydrogen-bond donors (Lipinski definition) is 3. The first kappa shape index (κ1) is 17.9. The molecule has 1 heterocycles. The molecule has 4 N–H and O–H groups in total. The van der Waals surface area contributed by atoms with Crippen LogP contribution in [0, 0.1) is 0 Å². The Morgan fingerprint density at radius 2 is 1.95 bits per heavy atom. The van der Waals surface area contributed by atoms with Crippen molar-refractivity contribution in [3.8, 4) is 0 Å². The molecule has 0 aliphatic heterocycles. The summed E-state index contributed by atoms with van der Waals surface area (Å²) in [5.74, 6) is -1.08. The van der Waals surface area contributed by atoms with Gasteiger partial charge in [-0.25, -0.2) is 9.98 Å². The molecule has 0 bridgehead atoms. The summed E-state index contributed by atoms with van der Waals surface area (Å²) < 4.78 is 36.6. The van der Waals surface area contributed by atoms with Gasteiger partial charge in [-0.15, -0.1) is 29.1 Å². The molecule has 0 atom stereocenters. The third-order valence-electron chi connectivity index (χ3n) is 1.69. The summed E-state index contributed by atoms with van der Waals surface area (Å²) in [7, 11) is 0. The van der Waals surface area contributed by atoms with Gasteiger partial charge in [0, 0.05) is 5.54 Å². The minimum atomic E-state index is -4.56. The van der Waals surface area contributed by atoms with Crippen LogP contribution in [0.3, 0.4) is 0 Å². The van der Waals surface area contributed by atoms with Gasteiger partial charge < -0.3 is 11.1 Å². The van der Waals surface area contributed by atoms with Gasteiger partial charge in [-0.05, 0) is 20.8 Å². The summed E-state index contributed by atoms with van der Waals surface area (Å²) in [4.78, 5) is 7.13. The molecule has 110 valence electrons. The minimum absolute atomic E-state index is 0. The molecule has 0 spiro atoms. The predicted molar refractivity (Wildman–Crippen MR) is 75.0 cm³/mol. The second-order valence-electron chi connectivity index (χ2n) is 4.68. The number of guanidine groups is 1. The van der Waals surface area contributed by atoms with Gasteiger partial charge in [-0.1, -0.05) is 0 Å². The zero-order valence-corrected chi connectivity index (χ0v) is 13.0. The van der Waals surface area contributed by atoms with Crippen LogP contribution in [-0.2, 0) is 12.7 Å². The Morgan fingerprint density at radius 1 is 1.37 bits per heavy atom. The van der Waals surface area contributed by atoms with Gasteiger partial charge in [0.05, 0.1) is 0 Å². The highest BCUT2D eigenvalue weighted by Crippen LogP contribution is 2.25. The van der Waals surface area contributed by atoms with Crippen LogP contribution in [0.4, 0.5) is 13.2 Å². The van der Waals surface area contributed by atoms with Crippen LogP contribution in [0.5, 0.6) is 0 Å². The Kier molecular flexibility index (Phi) is 6.03. The molecule has 1 aromatic rings. The van der Waals surface area contributed by atoms with E-state index in [1.165, 1.54) is 0 Å². The number of halogens is 4. The van der Waals surface area contributed by atoms with Crippen LogP contribution < -0.4 is 11.1 Å². The lowest BCUT2D eigenvalue weighted by atomic mass is 10.1. The summed E-state index contributed by atoms with van der Waals surface area (Å²) in [5, 5.41) is 8.08. The van der Waals surface area contributed by atoms with E-state index in [1.807, 2.05) is 20.8 Å². The number of nitrogens with one attached hydrogen (secondary N) is 2. The number of aromatic amines is 1. The number of H-pyrrole nitrogens is 1. The third-order valence-corrected chi connectivity index (χ3v) is 1.69. The molecule has 0 unspecified atom stereocenters. The van der Waals surface area contributed by atoms with E-state index in [0.717, 1.165) is 0 Å². The fourth-order valence-corrected chi connectivity index (χ4v) is 1.08. The number of aromatic nitrogens is 3. The first-order valence-electron chi connectivity index (χ1n) is 5.14. The summed E-state index contributed by atoms with van der Waals surface area (Å²) in [6.45, 7) is 5.54. The van der Waals surface area contributed by atoms with Gasteiger partial charge >= 0.3 is 6.18 Å². The summed E-state index contributed by atoms with van der Waals surface area (Å²) in [6, 6.07) is 0. The molecule has 1 aromatic heterocycles. The first-order chi connectivity index (χ1) is 8.08. The second kappa shape index (κ2) is 6.39. The lowest BCUT2D eigenvalue weighted by Gasteiger charge is -2.20. The molecular weight excluding hydrogens is 376 g/mol. The topological polar surface area (TPSA) is 92.0 Å². The zero-order chi connectivity index (χ0) is 14.0. The fourth-order valence-electron chi connectivity index (χ4n) is 1.08. The van der Waals surface area contributed by atoms with Crippen molar-refractivity contribution in [1.29, 1.82) is 0 Å². The van der Waals surface area contributed by atoms with Crippen molar-refractivity contribution in [2.24, 2.45) is 10.7 Å². The highest BCUT2D eigenvalue weighted by Gasteiger charge is 2.35. The van der Waals surface area contributed by atoms with Gasteiger partial charge in [0.1, 0.15) is 12.4 Å². The molecule has 0 aromatic carbocycles. The van der Waals surface area contributed by atoms with E-state index in [4.69, 9.17) is 5.73 Å². The molecule has 0 saturated carbocycles. The third kappa shape index (κ3) is 6.59. The maximum absolute atomic E-state index is 12.2. The first-order valence-corrected chi connectivity index (χ1v) is 5.14. The molecule has 1 rings (SSSR count). The SMILES string of the molecule is CC(C)(C)NC(N)=NCc1nc(C(F)(F)F)n[nH]1.I. The molecule has 0 fully saturated rings. The molecular formula is C9H16F3IN6. The summed E-state index contributed by atoms with van der Waals surface area (Å²) in [6.07, 6.45) is -4.56. The van der Waals surface area contributed by atoms with Gasteiger partial charge in [-0.2, -0.15) is 13.2 Å². The summed E-state index contributed by atoms with van der Waals surface area (Å²) >= 11 is 0. The number of aliphatic imine (C=N–C) groups is 1. The summed E-state index contributed by atoms with van der Waals surface area (Å²) in [5.41, 5.74) is 5.28. The standard InChI is InChI=1S/C9H15F3N6.HI/c1-8(2,3)16-7(13)14-4-5-15-6(18-17-5)9(10,11)12;/h4H2,1-3H3,(H3,13,14,16)(H,15,17,18);1H. The Morgan fingerprint density at radius 3 is 2.37 bits per heavy atom. The van der Waals surface area contributed by atoms with Crippen LogP contribution in [0.2, 0.25) is 0 Å². The number of hydrogen-bond acceptors (Lipinski definition) is 3. The lowest BCUT2D eigenvalue weighted by Crippen LogP contribution is -2.45. The van der Waals surface area contributed by atoms with Crippen molar-refractivity contribution in [3.63, 3.8) is 0 Å². The monoisotopic (exact) mass is 392 g/mol. The molecule has 0 aliphatic carbocycles. The molecule has 0 aliphatic rings. The Balaban J connectivity index is 0.00000324. The molecule has 19 heavy (non-hydrogen) atoms. The van der Waals surface area contributed by atoms with E-state index in [1.54, 1.807) is 0 Å². The highest BCUT2D eigenvalue weighted by molar-refractivity contribution is 14.0. The van der Waals surface area contributed by atoms with E-state index in [2.05, 4.69) is 25.5 Å². The van der Waals surface area contributed by atoms with Gasteiger partial charge in [0.2, 0.25) is 0 Å². The average molecular weight is 392 g/mol. The van der Waals surface area contributed by atoms with Crippen LogP contribution in [0.15, 0.2) is 4.99 Å². The average Bonchev–Trinajstić information content (AvgIpc) is 2.59. The van der Waals surface area contributed by atoms with Crippen molar-refractivity contribution >= 4 is 29.9 Å². The van der Waals surface area contributed by atoms with E-state index in [9.17, 15) is 13.2 Å². The maximum atomic E-state index is 12.2. The highest BCUT2D eigenvalue weighted by atomic mass is 127. The predicted octanol–water partition coefficient (Wildman–Crippen LogP) is 1.64. The van der Waals surface area contributed by atoms with E-state index < -0.39 is 12.0 Å². The second-order valence-corrected chi connectivity index (χ2v) is 4.68. The van der Waals surface area contributed by atoms with Crippen molar-refractivity contribution < 1.29 is 13.2 Å². The molecule has 6 nitrogen and oxygen atoms in total. The molecule has 0 saturated heterocycles. The Hall–Kier alpha value is -1.07. The Bertz CT molecular complexity index is 434. The van der Waals surface area contributed by atoms with Crippen LogP contribution >= 0.6 is 24.0 Å². The normalized spacial score (nSPS) is 13.1. The Labute approximate surface area is 125 Å². The number of nitrogens with two attached hydrogens (primary N) is 1. The fraction of sp³-hybridized carbons (Fsp3) is 0.667. The quantitative estimate of drug-likeness (QED) is 0.406. The van der Waals surface area contributed by atoms with Crippen LogP contribution in [0.25, 0.3) is 0 Å². The molecule has 0 radical (unpaired) electrons. The van der Waals surface area contributed by atoms with E-state index in [-0.39, 0.29) is 47.8 Å². The van der Waals surface area contributed by atoms with Gasteiger partial charge in [0.25, 0.3) is 5.82 Å². The van der Waals surface area contributed by atoms with Crippen molar-refractivity contribution in [2.75, 3.05) is 0 Å². The van der Waals surface area contributed by atoms with Crippen LogP contribution in [-0.4, -0.2) is 26.7 Å². The minimum Gasteiger partial charge on any atom is -0.370 e. The van der Waals surface area contributed by atoms with Crippen molar-refractivity contribution in [2.45, 2.75) is 39.0 Å². The lowest BCUT2D eigenvalue weighted by molar-refractivity contribution is -0.144. The van der Waals surface area contributed by atoms with Crippen LogP contribution in [0.1, 0.15) is 32.4 Å². The van der Waals surface area contributed by atoms with E-state index >= 15 is 0 Å². The molecule has 10 heteroatoms. The largest absolute Gasteiger partial charge is 0.453 e.